The molecule has 0 aliphatic carbocycles. The zero-order valence-electron chi connectivity index (χ0n) is 24.2. The van der Waals surface area contributed by atoms with Gasteiger partial charge in [0.1, 0.15) is 12.2 Å². The summed E-state index contributed by atoms with van der Waals surface area (Å²) in [5.41, 5.74) is 14.4. The maximum Gasteiger partial charge on any atom is 0.270 e. The van der Waals surface area contributed by atoms with Crippen LogP contribution in [-0.2, 0) is 32.3 Å². The molecule has 4 atom stereocenters. The number of ether oxygens (including phenoxy) is 2. The van der Waals surface area contributed by atoms with Crippen molar-refractivity contribution in [3.05, 3.63) is 128 Å². The lowest BCUT2D eigenvalue weighted by molar-refractivity contribution is -0.385. The molecule has 6 N–H and O–H groups in total. The number of carbonyl (C=O) groups is 2. The first-order valence-corrected chi connectivity index (χ1v) is 13.8. The normalized spacial score (nSPS) is 13.7. The summed E-state index contributed by atoms with van der Waals surface area (Å²) in [6.07, 6.45) is -7.47. The van der Waals surface area contributed by atoms with Crippen molar-refractivity contribution in [1.29, 1.82) is 0 Å². The summed E-state index contributed by atoms with van der Waals surface area (Å²) in [7, 11) is 0. The molecule has 238 valence electrons. The Morgan fingerprint density at radius 1 is 0.609 bits per heavy atom. The lowest BCUT2D eigenvalue weighted by Crippen LogP contribution is -2.54. The fourth-order valence-electron chi connectivity index (χ4n) is 4.61. The van der Waals surface area contributed by atoms with Crippen LogP contribution in [0.15, 0.2) is 97.1 Å². The Kier molecular flexibility index (Phi) is 10.8. The van der Waals surface area contributed by atoms with Crippen LogP contribution >= 0.6 is 0 Å². The topological polar surface area (TPSA) is 231 Å². The summed E-state index contributed by atoms with van der Waals surface area (Å²) >= 11 is 0. The molecule has 0 saturated carbocycles. The van der Waals surface area contributed by atoms with Gasteiger partial charge in [-0.15, -0.1) is 0 Å². The summed E-state index contributed by atoms with van der Waals surface area (Å²) < 4.78 is 11.0. The highest BCUT2D eigenvalue weighted by atomic mass is 16.6. The highest BCUT2D eigenvalue weighted by Gasteiger charge is 2.39. The van der Waals surface area contributed by atoms with Crippen LogP contribution < -0.4 is 11.5 Å². The minimum Gasteiger partial charge on any atom is -0.387 e. The molecule has 4 aromatic carbocycles. The van der Waals surface area contributed by atoms with Crippen LogP contribution in [0, 0.1) is 20.2 Å². The second-order valence-corrected chi connectivity index (χ2v) is 10.3. The maximum absolute atomic E-state index is 12.1. The Hall–Kier alpha value is -5.54. The number of aliphatic hydroxyl groups is 2. The van der Waals surface area contributed by atoms with Crippen LogP contribution in [0.1, 0.15) is 11.1 Å². The van der Waals surface area contributed by atoms with Gasteiger partial charge in [-0.2, -0.15) is 0 Å². The zero-order chi connectivity index (χ0) is 33.4. The second-order valence-electron chi connectivity index (χ2n) is 10.3. The molecular weight excluding hydrogens is 600 g/mol. The highest BCUT2D eigenvalue weighted by molar-refractivity contribution is 5.81. The number of primary amides is 2. The Morgan fingerprint density at radius 3 is 1.26 bits per heavy atom. The van der Waals surface area contributed by atoms with E-state index in [1.165, 1.54) is 24.3 Å². The van der Waals surface area contributed by atoms with E-state index in [0.717, 1.165) is 0 Å². The average molecular weight is 631 g/mol. The number of hydrogen-bond acceptors (Lipinski definition) is 10. The summed E-state index contributed by atoms with van der Waals surface area (Å²) in [5, 5.41) is 43.7. The smallest absolute Gasteiger partial charge is 0.270 e. The minimum absolute atomic E-state index is 0.0592. The Bertz CT molecular complexity index is 1590. The first-order chi connectivity index (χ1) is 21.9. The minimum atomic E-state index is -1.99. The summed E-state index contributed by atoms with van der Waals surface area (Å²) in [6, 6.07) is 25.5. The van der Waals surface area contributed by atoms with Crippen LogP contribution in [0.5, 0.6) is 0 Å². The van der Waals surface area contributed by atoms with Gasteiger partial charge in [0, 0.05) is 24.3 Å². The third-order valence-corrected chi connectivity index (χ3v) is 7.08. The van der Waals surface area contributed by atoms with Gasteiger partial charge in [0.15, 0.2) is 12.2 Å². The van der Waals surface area contributed by atoms with E-state index in [-0.39, 0.29) is 24.6 Å². The van der Waals surface area contributed by atoms with Gasteiger partial charge in [-0.25, -0.2) is 0 Å². The molecule has 0 spiro atoms. The first-order valence-electron chi connectivity index (χ1n) is 13.8. The molecule has 0 aliphatic heterocycles. The van der Waals surface area contributed by atoms with Crippen molar-refractivity contribution in [3.63, 3.8) is 0 Å². The molecule has 0 radical (unpaired) electrons. The lowest BCUT2D eigenvalue weighted by Gasteiger charge is -2.29. The molecule has 2 amide bonds. The van der Waals surface area contributed by atoms with Crippen LogP contribution in [0.25, 0.3) is 22.3 Å². The van der Waals surface area contributed by atoms with Crippen molar-refractivity contribution >= 4 is 23.2 Å². The number of nitro benzene ring substituents is 2. The van der Waals surface area contributed by atoms with Crippen molar-refractivity contribution < 1.29 is 39.1 Å². The summed E-state index contributed by atoms with van der Waals surface area (Å²) in [5.74, 6) is -2.22. The molecule has 0 aromatic heterocycles. The van der Waals surface area contributed by atoms with Crippen LogP contribution in [0.3, 0.4) is 0 Å². The van der Waals surface area contributed by atoms with Crippen LogP contribution in [0.2, 0.25) is 0 Å². The van der Waals surface area contributed by atoms with E-state index in [1.54, 1.807) is 72.8 Å². The fraction of sp³-hybridized carbons (Fsp3) is 0.188. The Labute approximate surface area is 262 Å². The number of nitrogens with zero attached hydrogens (tertiary/aromatic N) is 2. The third kappa shape index (κ3) is 8.34. The second kappa shape index (κ2) is 15.0. The van der Waals surface area contributed by atoms with Crippen LogP contribution in [0.4, 0.5) is 11.4 Å². The molecule has 0 heterocycles. The standard InChI is InChI=1S/C32H30N4O10/c33-31(39)29(45-17-19-7-11-21(12-8-19)23-3-1-5-25(15-23)35(41)42)27(37)28(38)30(32(34)40)46-18-20-9-13-22(14-10-20)24-4-2-6-26(16-24)36(43)44/h1-16,27-30,37-38H,17-18H2,(H2,33,39)(H2,34,40). The van der Waals surface area contributed by atoms with Crippen molar-refractivity contribution in [1.82, 2.24) is 0 Å². The van der Waals surface area contributed by atoms with Gasteiger partial charge < -0.3 is 31.2 Å². The van der Waals surface area contributed by atoms with Gasteiger partial charge in [0.25, 0.3) is 11.4 Å². The number of carbonyl (C=O) groups excluding carboxylic acids is 2. The number of benzene rings is 4. The van der Waals surface area contributed by atoms with Crippen molar-refractivity contribution in [2.75, 3.05) is 0 Å². The first kappa shape index (κ1) is 33.4. The molecule has 0 aliphatic rings. The van der Waals surface area contributed by atoms with Gasteiger partial charge in [-0.05, 0) is 33.4 Å². The predicted octanol–water partition coefficient (Wildman–Crippen LogP) is 3.00. The van der Waals surface area contributed by atoms with Gasteiger partial charge in [0.2, 0.25) is 11.8 Å². The van der Waals surface area contributed by atoms with Gasteiger partial charge in [-0.1, -0.05) is 72.8 Å². The van der Waals surface area contributed by atoms with E-state index in [9.17, 15) is 40.0 Å². The monoisotopic (exact) mass is 630 g/mol. The zero-order valence-corrected chi connectivity index (χ0v) is 24.2. The maximum atomic E-state index is 12.1. The molecule has 4 aromatic rings. The van der Waals surface area contributed by atoms with Crippen LogP contribution in [-0.4, -0.2) is 56.3 Å². The van der Waals surface area contributed by atoms with Gasteiger partial charge >= 0.3 is 0 Å². The predicted molar refractivity (Wildman–Crippen MR) is 165 cm³/mol. The molecule has 14 nitrogen and oxygen atoms in total. The van der Waals surface area contributed by atoms with E-state index in [4.69, 9.17) is 20.9 Å². The van der Waals surface area contributed by atoms with Gasteiger partial charge in [0.05, 0.1) is 23.1 Å². The molecule has 0 fully saturated rings. The highest BCUT2D eigenvalue weighted by Crippen LogP contribution is 2.26. The molecule has 46 heavy (non-hydrogen) atoms. The Balaban J connectivity index is 1.38. The lowest BCUT2D eigenvalue weighted by atomic mass is 10.0. The Morgan fingerprint density at radius 2 is 0.957 bits per heavy atom. The van der Waals surface area contributed by atoms with E-state index in [0.29, 0.717) is 33.4 Å². The molecular formula is C32H30N4O10. The van der Waals surface area contributed by atoms with Gasteiger partial charge in [-0.3, -0.25) is 29.8 Å². The molecule has 14 heteroatoms. The fourth-order valence-corrected chi connectivity index (χ4v) is 4.61. The largest absolute Gasteiger partial charge is 0.387 e. The van der Waals surface area contributed by atoms with E-state index < -0.39 is 46.1 Å². The number of hydrogen-bond donors (Lipinski definition) is 4. The molecule has 0 saturated heterocycles. The number of aliphatic hydroxyl groups excluding tert-OH is 2. The summed E-state index contributed by atoms with van der Waals surface area (Å²) in [4.78, 5) is 45.4. The van der Waals surface area contributed by atoms with Crippen molar-refractivity contribution in [2.45, 2.75) is 37.6 Å². The number of nitro groups is 2. The average Bonchev–Trinajstić information content (AvgIpc) is 3.05. The SMILES string of the molecule is NC(=O)C(OCc1ccc(-c2cccc([N+](=O)[O-])c2)cc1)C(O)C(O)C(OCc1ccc(-c2cccc([N+](=O)[O-])c2)cc1)C(N)=O. The number of non-ortho nitro benzene ring substituents is 2. The summed E-state index contributed by atoms with van der Waals surface area (Å²) in [6.45, 7) is -0.433. The van der Waals surface area contributed by atoms with Crippen molar-refractivity contribution in [3.8, 4) is 22.3 Å². The van der Waals surface area contributed by atoms with E-state index in [1.807, 2.05) is 0 Å². The van der Waals surface area contributed by atoms with E-state index >= 15 is 0 Å². The number of amides is 2. The number of nitrogens with two attached hydrogens (primary N) is 2. The molecule has 0 bridgehead atoms. The van der Waals surface area contributed by atoms with E-state index in [2.05, 4.69) is 0 Å². The molecule has 4 rings (SSSR count). The quantitative estimate of drug-likeness (QED) is 0.111. The van der Waals surface area contributed by atoms with Crippen molar-refractivity contribution in [2.24, 2.45) is 11.5 Å². The third-order valence-electron chi connectivity index (χ3n) is 7.08. The number of rotatable bonds is 15. The molecule has 4 unspecified atom stereocenters.